The van der Waals surface area contributed by atoms with E-state index in [0.717, 1.165) is 12.0 Å². The van der Waals surface area contributed by atoms with Crippen molar-refractivity contribution in [3.63, 3.8) is 0 Å². The van der Waals surface area contributed by atoms with Gasteiger partial charge in [-0.25, -0.2) is 0 Å². The van der Waals surface area contributed by atoms with Crippen molar-refractivity contribution >= 4 is 5.78 Å². The van der Waals surface area contributed by atoms with Gasteiger partial charge in [0.15, 0.2) is 5.78 Å². The second-order valence-electron chi connectivity index (χ2n) is 2.82. The van der Waals surface area contributed by atoms with Crippen LogP contribution in [0, 0.1) is 5.92 Å². The average molecular weight is 136 g/mol. The minimum atomic E-state index is 0.133. The first-order valence-electron chi connectivity index (χ1n) is 3.62. The first-order chi connectivity index (χ1) is 4.72. The zero-order valence-corrected chi connectivity index (χ0v) is 6.42. The van der Waals surface area contributed by atoms with E-state index in [2.05, 4.69) is 0 Å². The Morgan fingerprint density at radius 1 is 1.60 bits per heavy atom. The summed E-state index contributed by atoms with van der Waals surface area (Å²) in [5.41, 5.74) is 0.884. The van der Waals surface area contributed by atoms with E-state index in [9.17, 15) is 4.79 Å². The lowest BCUT2D eigenvalue weighted by Crippen LogP contribution is -2.07. The fourth-order valence-corrected chi connectivity index (χ4v) is 0.974. The summed E-state index contributed by atoms with van der Waals surface area (Å²) in [4.78, 5) is 11.2. The predicted molar refractivity (Wildman–Crippen MR) is 41.7 cm³/mol. The van der Waals surface area contributed by atoms with E-state index in [4.69, 9.17) is 0 Å². The van der Waals surface area contributed by atoms with Crippen LogP contribution >= 0.6 is 0 Å². The molecule has 54 valence electrons. The minimum absolute atomic E-state index is 0.133. The van der Waals surface area contributed by atoms with E-state index in [1.54, 1.807) is 0 Å². The van der Waals surface area contributed by atoms with Crippen LogP contribution < -0.4 is 0 Å². The Bertz CT molecular complexity index is 197. The summed E-state index contributed by atoms with van der Waals surface area (Å²) in [5.74, 6) is 0.391. The van der Waals surface area contributed by atoms with Crippen molar-refractivity contribution in [1.82, 2.24) is 0 Å². The van der Waals surface area contributed by atoms with Crippen molar-refractivity contribution in [2.24, 2.45) is 5.92 Å². The summed E-state index contributed by atoms with van der Waals surface area (Å²) < 4.78 is 0. The highest BCUT2D eigenvalue weighted by Crippen LogP contribution is 2.13. The number of carbonyl (C=O) groups excluding carboxylic acids is 1. The Morgan fingerprint density at radius 3 is 2.70 bits per heavy atom. The molecule has 1 rings (SSSR count). The van der Waals surface area contributed by atoms with Gasteiger partial charge in [-0.15, -0.1) is 0 Å². The quantitative estimate of drug-likeness (QED) is 0.568. The van der Waals surface area contributed by atoms with Crippen LogP contribution in [-0.2, 0) is 4.79 Å². The van der Waals surface area contributed by atoms with E-state index < -0.39 is 0 Å². The van der Waals surface area contributed by atoms with Crippen LogP contribution in [-0.4, -0.2) is 5.78 Å². The first-order valence-corrected chi connectivity index (χ1v) is 3.62. The molecule has 0 aromatic heterocycles. The summed E-state index contributed by atoms with van der Waals surface area (Å²) in [6.07, 6.45) is 6.81. The van der Waals surface area contributed by atoms with Crippen LogP contribution in [0.1, 0.15) is 20.3 Å². The number of ketones is 1. The molecular formula is C9H12O. The van der Waals surface area contributed by atoms with E-state index >= 15 is 0 Å². The third-order valence-electron chi connectivity index (χ3n) is 1.58. The van der Waals surface area contributed by atoms with Crippen molar-refractivity contribution < 1.29 is 4.79 Å². The van der Waals surface area contributed by atoms with Crippen molar-refractivity contribution in [2.45, 2.75) is 20.3 Å². The molecule has 1 aliphatic carbocycles. The molecule has 0 saturated heterocycles. The lowest BCUT2D eigenvalue weighted by Gasteiger charge is -2.00. The molecule has 1 heteroatoms. The molecule has 0 unspecified atom stereocenters. The maximum Gasteiger partial charge on any atom is 0.165 e. The Kier molecular flexibility index (Phi) is 2.05. The van der Waals surface area contributed by atoms with Crippen LogP contribution in [0.25, 0.3) is 0 Å². The van der Waals surface area contributed by atoms with Gasteiger partial charge < -0.3 is 0 Å². The van der Waals surface area contributed by atoms with Gasteiger partial charge in [-0.05, 0) is 6.42 Å². The Labute approximate surface area is 61.4 Å². The van der Waals surface area contributed by atoms with Gasteiger partial charge in [-0.3, -0.25) is 4.79 Å². The van der Waals surface area contributed by atoms with Crippen LogP contribution in [0.2, 0.25) is 0 Å². The molecule has 0 N–H and O–H groups in total. The second kappa shape index (κ2) is 2.82. The van der Waals surface area contributed by atoms with Gasteiger partial charge in [-0.1, -0.05) is 32.1 Å². The van der Waals surface area contributed by atoms with Crippen LogP contribution in [0.5, 0.6) is 0 Å². The fraction of sp³-hybridized carbons (Fsp3) is 0.444. The third-order valence-corrected chi connectivity index (χ3v) is 1.58. The zero-order valence-electron chi connectivity index (χ0n) is 6.42. The first kappa shape index (κ1) is 7.26. The standard InChI is InChI=1S/C9H12O/c1-7(2)9(10)8-5-3-4-6-8/h3,5-7H,4H2,1-2H3. The third kappa shape index (κ3) is 1.35. The van der Waals surface area contributed by atoms with Gasteiger partial charge in [0.2, 0.25) is 0 Å². The molecule has 0 amide bonds. The molecule has 10 heavy (non-hydrogen) atoms. The van der Waals surface area contributed by atoms with Crippen molar-refractivity contribution in [1.29, 1.82) is 0 Å². The second-order valence-corrected chi connectivity index (χ2v) is 2.82. The van der Waals surface area contributed by atoms with E-state index in [-0.39, 0.29) is 11.7 Å². The Balaban J connectivity index is 2.66. The lowest BCUT2D eigenvalue weighted by molar-refractivity contribution is -0.117. The molecular weight excluding hydrogens is 124 g/mol. The van der Waals surface area contributed by atoms with E-state index in [0.29, 0.717) is 0 Å². The highest BCUT2D eigenvalue weighted by atomic mass is 16.1. The monoisotopic (exact) mass is 136 g/mol. The largest absolute Gasteiger partial charge is 0.294 e. The number of carbonyl (C=O) groups is 1. The van der Waals surface area contributed by atoms with Gasteiger partial charge in [0, 0.05) is 11.5 Å². The lowest BCUT2D eigenvalue weighted by atomic mass is 10.0. The Morgan fingerprint density at radius 2 is 2.30 bits per heavy atom. The fourth-order valence-electron chi connectivity index (χ4n) is 0.974. The highest BCUT2D eigenvalue weighted by Gasteiger charge is 2.11. The smallest absolute Gasteiger partial charge is 0.165 e. The molecule has 0 spiro atoms. The molecule has 0 bridgehead atoms. The number of rotatable bonds is 2. The minimum Gasteiger partial charge on any atom is -0.294 e. The van der Waals surface area contributed by atoms with Gasteiger partial charge in [0.1, 0.15) is 0 Å². The maximum absolute atomic E-state index is 11.2. The predicted octanol–water partition coefficient (Wildman–Crippen LogP) is 2.10. The molecule has 0 aromatic carbocycles. The SMILES string of the molecule is CC(C)C(=O)C1=CCC=C1. The van der Waals surface area contributed by atoms with Crippen LogP contribution in [0.3, 0.4) is 0 Å². The Hall–Kier alpha value is -0.850. The van der Waals surface area contributed by atoms with Gasteiger partial charge in [-0.2, -0.15) is 0 Å². The molecule has 0 atom stereocenters. The summed E-state index contributed by atoms with van der Waals surface area (Å²) in [7, 11) is 0. The zero-order chi connectivity index (χ0) is 7.56. The number of Topliss-reactive ketones (excluding diaryl/α,β-unsaturated/α-hetero) is 1. The molecule has 1 nitrogen and oxygen atoms in total. The van der Waals surface area contributed by atoms with Crippen molar-refractivity contribution in [3.05, 3.63) is 23.8 Å². The number of hydrogen-bond donors (Lipinski definition) is 0. The summed E-state index contributed by atoms with van der Waals surface area (Å²) in [5, 5.41) is 0. The highest BCUT2D eigenvalue weighted by molar-refractivity contribution is 5.99. The molecule has 1 aliphatic rings. The molecule has 0 radical (unpaired) electrons. The molecule has 0 aromatic rings. The van der Waals surface area contributed by atoms with Crippen molar-refractivity contribution in [2.75, 3.05) is 0 Å². The topological polar surface area (TPSA) is 17.1 Å². The van der Waals surface area contributed by atoms with Gasteiger partial charge in [0.05, 0.1) is 0 Å². The summed E-state index contributed by atoms with van der Waals surface area (Å²) in [6.45, 7) is 3.85. The number of hydrogen-bond acceptors (Lipinski definition) is 1. The normalized spacial score (nSPS) is 16.1. The molecule has 0 fully saturated rings. The van der Waals surface area contributed by atoms with Gasteiger partial charge >= 0.3 is 0 Å². The number of allylic oxidation sites excluding steroid dienone is 4. The summed E-state index contributed by atoms with van der Waals surface area (Å²) in [6, 6.07) is 0. The maximum atomic E-state index is 11.2. The van der Waals surface area contributed by atoms with Gasteiger partial charge in [0.25, 0.3) is 0 Å². The molecule has 0 aliphatic heterocycles. The van der Waals surface area contributed by atoms with Crippen molar-refractivity contribution in [3.8, 4) is 0 Å². The summed E-state index contributed by atoms with van der Waals surface area (Å²) >= 11 is 0. The van der Waals surface area contributed by atoms with E-state index in [1.807, 2.05) is 32.1 Å². The molecule has 0 saturated carbocycles. The van der Waals surface area contributed by atoms with Crippen LogP contribution in [0.4, 0.5) is 0 Å². The van der Waals surface area contributed by atoms with Crippen LogP contribution in [0.15, 0.2) is 23.8 Å². The van der Waals surface area contributed by atoms with E-state index in [1.165, 1.54) is 0 Å². The average Bonchev–Trinajstić information content (AvgIpc) is 2.36. The molecule has 0 heterocycles.